The highest BCUT2D eigenvalue weighted by atomic mass is 16.3. The number of aliphatic hydroxyl groups excluding tert-OH is 1. The first-order valence-electron chi connectivity index (χ1n) is 8.21. The van der Waals surface area contributed by atoms with Gasteiger partial charge in [0.25, 0.3) is 0 Å². The van der Waals surface area contributed by atoms with E-state index in [2.05, 4.69) is 35.7 Å². The Labute approximate surface area is 154 Å². The third-order valence-corrected chi connectivity index (χ3v) is 3.72. The van der Waals surface area contributed by atoms with Gasteiger partial charge in [-0.1, -0.05) is 0 Å². The molecule has 0 spiro atoms. The van der Waals surface area contributed by atoms with Crippen LogP contribution in [0, 0.1) is 10.9 Å². The standard InChI is InChI=1S/C17H19N9O/c18-7-12(8-20-4-5-27)14-10-23-17(26-19)16(25-14)22-9-13-6-11-2-1-3-21-15(11)24-13/h1-3,6-8,10,18-20,27H,4-5,9H2,(H,21,24)(H,22,25)/b12-8+,18-7?,26-19?. The summed E-state index contributed by atoms with van der Waals surface area (Å²) >= 11 is 0. The zero-order valence-electron chi connectivity index (χ0n) is 14.4. The average molecular weight is 365 g/mol. The molecule has 27 heavy (non-hydrogen) atoms. The van der Waals surface area contributed by atoms with Crippen LogP contribution < -0.4 is 10.6 Å². The summed E-state index contributed by atoms with van der Waals surface area (Å²) in [5.74, 6) is 0.490. The first-order valence-corrected chi connectivity index (χ1v) is 8.21. The molecule has 3 rings (SSSR count). The molecule has 0 fully saturated rings. The number of hydrogen-bond donors (Lipinski definition) is 6. The van der Waals surface area contributed by atoms with Crippen molar-refractivity contribution >= 4 is 34.5 Å². The van der Waals surface area contributed by atoms with Crippen molar-refractivity contribution in [3.8, 4) is 0 Å². The van der Waals surface area contributed by atoms with Crippen LogP contribution in [0.3, 0.4) is 0 Å². The average Bonchev–Trinajstić information content (AvgIpc) is 3.12. The van der Waals surface area contributed by atoms with Crippen LogP contribution in [0.1, 0.15) is 11.4 Å². The van der Waals surface area contributed by atoms with Crippen LogP contribution >= 0.6 is 0 Å². The number of allylic oxidation sites excluding steroid dienone is 1. The van der Waals surface area contributed by atoms with Gasteiger partial charge in [-0.25, -0.2) is 20.5 Å². The fourth-order valence-corrected chi connectivity index (χ4v) is 2.45. The van der Waals surface area contributed by atoms with Gasteiger partial charge >= 0.3 is 0 Å². The molecule has 6 N–H and O–H groups in total. The van der Waals surface area contributed by atoms with E-state index in [0.717, 1.165) is 22.9 Å². The maximum atomic E-state index is 8.84. The number of anilines is 1. The van der Waals surface area contributed by atoms with E-state index in [9.17, 15) is 0 Å². The molecule has 0 atom stereocenters. The minimum Gasteiger partial charge on any atom is -0.395 e. The molecule has 0 saturated heterocycles. The van der Waals surface area contributed by atoms with Crippen LogP contribution in [0.15, 0.2) is 41.9 Å². The molecule has 0 unspecified atom stereocenters. The molecule has 3 heterocycles. The highest BCUT2D eigenvalue weighted by molar-refractivity contribution is 6.07. The highest BCUT2D eigenvalue weighted by Crippen LogP contribution is 2.23. The monoisotopic (exact) mass is 365 g/mol. The molecule has 0 aliphatic heterocycles. The lowest BCUT2D eigenvalue weighted by atomic mass is 10.2. The molecule has 0 amide bonds. The molecule has 0 aliphatic rings. The van der Waals surface area contributed by atoms with Gasteiger partial charge in [-0.3, -0.25) is 0 Å². The van der Waals surface area contributed by atoms with Crippen LogP contribution in [0.2, 0.25) is 0 Å². The van der Waals surface area contributed by atoms with Crippen molar-refractivity contribution in [1.29, 1.82) is 10.9 Å². The summed E-state index contributed by atoms with van der Waals surface area (Å²) in [5.41, 5.74) is 9.91. The summed E-state index contributed by atoms with van der Waals surface area (Å²) in [7, 11) is 0. The third-order valence-electron chi connectivity index (χ3n) is 3.72. The maximum Gasteiger partial charge on any atom is 0.216 e. The smallest absolute Gasteiger partial charge is 0.216 e. The fourth-order valence-electron chi connectivity index (χ4n) is 2.45. The Kier molecular flexibility index (Phi) is 5.80. The Hall–Kier alpha value is -3.66. The number of hydrogen-bond acceptors (Lipinski definition) is 9. The lowest BCUT2D eigenvalue weighted by molar-refractivity contribution is 0.298. The van der Waals surface area contributed by atoms with Crippen molar-refractivity contribution in [3.63, 3.8) is 0 Å². The lowest BCUT2D eigenvalue weighted by Gasteiger charge is -2.09. The van der Waals surface area contributed by atoms with E-state index >= 15 is 0 Å². The third kappa shape index (κ3) is 4.30. The van der Waals surface area contributed by atoms with Gasteiger partial charge in [0.2, 0.25) is 5.82 Å². The number of rotatable bonds is 9. The van der Waals surface area contributed by atoms with E-state index in [4.69, 9.17) is 16.0 Å². The van der Waals surface area contributed by atoms with E-state index in [1.54, 1.807) is 12.4 Å². The van der Waals surface area contributed by atoms with Gasteiger partial charge in [0.15, 0.2) is 5.82 Å². The van der Waals surface area contributed by atoms with Gasteiger partial charge < -0.3 is 26.1 Å². The molecule has 138 valence electrons. The van der Waals surface area contributed by atoms with Crippen LogP contribution in [-0.4, -0.2) is 44.4 Å². The molecule has 0 aliphatic carbocycles. The van der Waals surface area contributed by atoms with Crippen molar-refractivity contribution in [2.75, 3.05) is 18.5 Å². The summed E-state index contributed by atoms with van der Waals surface area (Å²) in [6.07, 6.45) is 5.89. The predicted molar refractivity (Wildman–Crippen MR) is 102 cm³/mol. The maximum absolute atomic E-state index is 8.84. The first-order chi connectivity index (χ1) is 13.2. The van der Waals surface area contributed by atoms with Crippen molar-refractivity contribution in [2.45, 2.75) is 6.54 Å². The Morgan fingerprint density at radius 3 is 3.00 bits per heavy atom. The van der Waals surface area contributed by atoms with Crippen molar-refractivity contribution in [2.24, 2.45) is 5.11 Å². The summed E-state index contributed by atoms with van der Waals surface area (Å²) in [5, 5.41) is 26.8. The number of aromatic amines is 1. The first kappa shape index (κ1) is 18.1. The summed E-state index contributed by atoms with van der Waals surface area (Å²) in [6, 6.07) is 5.81. The molecule has 3 aromatic rings. The number of fused-ring (bicyclic) bond motifs is 1. The van der Waals surface area contributed by atoms with Crippen molar-refractivity contribution in [1.82, 2.24) is 25.3 Å². The van der Waals surface area contributed by atoms with Gasteiger partial charge in [-0.2, -0.15) is 0 Å². The van der Waals surface area contributed by atoms with Gasteiger partial charge in [0, 0.05) is 41.8 Å². The predicted octanol–water partition coefficient (Wildman–Crippen LogP) is 2.20. The van der Waals surface area contributed by atoms with E-state index in [1.807, 2.05) is 18.2 Å². The number of aromatic nitrogens is 4. The zero-order chi connectivity index (χ0) is 19.1. The topological polar surface area (TPSA) is 159 Å². The summed E-state index contributed by atoms with van der Waals surface area (Å²) in [4.78, 5) is 16.0. The molecule has 0 bridgehead atoms. The molecular weight excluding hydrogens is 346 g/mol. The number of aliphatic hydroxyl groups is 1. The van der Waals surface area contributed by atoms with Gasteiger partial charge in [0.05, 0.1) is 25.0 Å². The second-order valence-electron chi connectivity index (χ2n) is 5.55. The highest BCUT2D eigenvalue weighted by Gasteiger charge is 2.10. The normalized spacial score (nSPS) is 11.4. The number of nitrogens with zero attached hydrogens (tertiary/aromatic N) is 4. The molecule has 10 heteroatoms. The molecule has 0 saturated carbocycles. The summed E-state index contributed by atoms with van der Waals surface area (Å²) in [6.45, 7) is 0.768. The number of pyridine rings is 1. The fraction of sp³-hybridized carbons (Fsp3) is 0.176. The molecule has 3 aromatic heterocycles. The molecule has 0 radical (unpaired) electrons. The van der Waals surface area contributed by atoms with Crippen LogP contribution in [0.5, 0.6) is 0 Å². The van der Waals surface area contributed by atoms with E-state index < -0.39 is 0 Å². The Morgan fingerprint density at radius 1 is 1.37 bits per heavy atom. The van der Waals surface area contributed by atoms with Crippen molar-refractivity contribution in [3.05, 3.63) is 48.2 Å². The number of H-pyrrole nitrogens is 1. The van der Waals surface area contributed by atoms with Gasteiger partial charge in [-0.15, -0.1) is 5.11 Å². The quantitative estimate of drug-likeness (QED) is 0.194. The van der Waals surface area contributed by atoms with Gasteiger partial charge in [0.1, 0.15) is 5.65 Å². The Balaban J connectivity index is 1.81. The SMILES string of the molecule is N=C/C(=C\NCCO)c1cnc(N=N)c(NCc2cc3cccnc3[nH]2)n1. The minimum atomic E-state index is -0.0176. The summed E-state index contributed by atoms with van der Waals surface area (Å²) < 4.78 is 0. The van der Waals surface area contributed by atoms with Crippen LogP contribution in [0.25, 0.3) is 16.6 Å². The largest absolute Gasteiger partial charge is 0.395 e. The zero-order valence-corrected chi connectivity index (χ0v) is 14.4. The Morgan fingerprint density at radius 2 is 2.26 bits per heavy atom. The van der Waals surface area contributed by atoms with E-state index in [0.29, 0.717) is 30.2 Å². The van der Waals surface area contributed by atoms with E-state index in [-0.39, 0.29) is 12.4 Å². The molecule has 10 nitrogen and oxygen atoms in total. The Bertz CT molecular complexity index is 946. The van der Waals surface area contributed by atoms with E-state index in [1.165, 1.54) is 6.20 Å². The lowest BCUT2D eigenvalue weighted by Crippen LogP contribution is -2.12. The van der Waals surface area contributed by atoms with Crippen LogP contribution in [0.4, 0.5) is 11.6 Å². The van der Waals surface area contributed by atoms with Crippen LogP contribution in [-0.2, 0) is 6.54 Å². The second kappa shape index (κ2) is 8.63. The minimum absolute atomic E-state index is 0.0176. The van der Waals surface area contributed by atoms with Crippen molar-refractivity contribution < 1.29 is 5.11 Å². The number of nitrogens with one attached hydrogen (secondary N) is 5. The second-order valence-corrected chi connectivity index (χ2v) is 5.55. The molecular formula is C17H19N9O. The molecule has 0 aromatic carbocycles. The van der Waals surface area contributed by atoms with Gasteiger partial charge in [-0.05, 0) is 18.2 Å².